The van der Waals surface area contributed by atoms with Gasteiger partial charge in [0.1, 0.15) is 17.3 Å². The van der Waals surface area contributed by atoms with Gasteiger partial charge < -0.3 is 24.5 Å². The molecule has 200 valence electrons. The lowest BCUT2D eigenvalue weighted by molar-refractivity contribution is -0.139. The van der Waals surface area contributed by atoms with E-state index in [0.717, 1.165) is 33.3 Å². The van der Waals surface area contributed by atoms with Crippen LogP contribution in [0, 0.1) is 0 Å². The van der Waals surface area contributed by atoms with Crippen LogP contribution in [-0.4, -0.2) is 47.4 Å². The maximum Gasteiger partial charge on any atom is 0.295 e. The Morgan fingerprint density at radius 2 is 1.69 bits per heavy atom. The van der Waals surface area contributed by atoms with Crippen molar-refractivity contribution in [1.29, 1.82) is 0 Å². The summed E-state index contributed by atoms with van der Waals surface area (Å²) in [6, 6.07) is 19.8. The van der Waals surface area contributed by atoms with Gasteiger partial charge in [-0.3, -0.25) is 9.59 Å². The van der Waals surface area contributed by atoms with Crippen LogP contribution >= 0.6 is 0 Å². The molecule has 3 aromatic carbocycles. The van der Waals surface area contributed by atoms with Gasteiger partial charge in [0.25, 0.3) is 11.7 Å². The van der Waals surface area contributed by atoms with Gasteiger partial charge >= 0.3 is 0 Å². The molecule has 7 heteroatoms. The molecule has 4 aromatic rings. The Morgan fingerprint density at radius 1 is 0.974 bits per heavy atom. The van der Waals surface area contributed by atoms with Gasteiger partial charge in [-0.15, -0.1) is 0 Å². The number of aliphatic hydroxyl groups is 1. The lowest BCUT2D eigenvalue weighted by atomic mass is 9.93. The predicted octanol–water partition coefficient (Wildman–Crippen LogP) is 5.97. The molecule has 7 nitrogen and oxygen atoms in total. The van der Waals surface area contributed by atoms with Gasteiger partial charge in [-0.1, -0.05) is 50.2 Å². The minimum absolute atomic E-state index is 0.0751. The van der Waals surface area contributed by atoms with Gasteiger partial charge in [0.2, 0.25) is 0 Å². The van der Waals surface area contributed by atoms with E-state index in [0.29, 0.717) is 30.2 Å². The minimum Gasteiger partial charge on any atom is -0.507 e. The van der Waals surface area contributed by atoms with Crippen LogP contribution < -0.4 is 9.47 Å². The maximum atomic E-state index is 13.4. The average Bonchev–Trinajstić information content (AvgIpc) is 3.48. The van der Waals surface area contributed by atoms with Crippen LogP contribution in [0.5, 0.6) is 11.5 Å². The second-order valence-corrected chi connectivity index (χ2v) is 10.0. The number of Topliss-reactive ketones (excluding diaryl/α,β-unsaturated/α-hetero) is 1. The van der Waals surface area contributed by atoms with Crippen molar-refractivity contribution in [3.8, 4) is 11.5 Å². The summed E-state index contributed by atoms with van der Waals surface area (Å²) in [5.74, 6) is 0.0717. The molecule has 0 aliphatic carbocycles. The average molecular weight is 525 g/mol. The van der Waals surface area contributed by atoms with Crippen molar-refractivity contribution in [1.82, 2.24) is 9.88 Å². The molecule has 1 fully saturated rings. The van der Waals surface area contributed by atoms with Crippen LogP contribution in [0.3, 0.4) is 0 Å². The third-order valence-electron chi connectivity index (χ3n) is 7.40. The Kier molecular flexibility index (Phi) is 7.15. The number of aliphatic hydroxyl groups excluding tert-OH is 1. The molecule has 1 aliphatic rings. The molecule has 1 aromatic heterocycles. The topological polar surface area (TPSA) is 91.9 Å². The van der Waals surface area contributed by atoms with Gasteiger partial charge in [0.05, 0.1) is 25.8 Å². The number of ether oxygens (including phenoxy) is 2. The van der Waals surface area contributed by atoms with Gasteiger partial charge in [0, 0.05) is 29.2 Å². The highest BCUT2D eigenvalue weighted by atomic mass is 16.5. The number of aromatic amines is 1. The number of rotatable bonds is 8. The van der Waals surface area contributed by atoms with Gasteiger partial charge in [-0.05, 0) is 59.4 Å². The first-order valence-electron chi connectivity index (χ1n) is 13.0. The van der Waals surface area contributed by atoms with Crippen molar-refractivity contribution in [3.05, 3.63) is 101 Å². The summed E-state index contributed by atoms with van der Waals surface area (Å²) in [5.41, 5.74) is 4.38. The molecule has 0 unspecified atom stereocenters. The molecular formula is C32H32N2O5. The SMILES string of the molecule is COc1cccc(C(O)=C2C(=O)C(=O)N(CCc3c[nH]c4ccc(OC)cc34)[C@@H]2c2ccc(C(C)C)cc2)c1. The number of hydrogen-bond donors (Lipinski definition) is 2. The zero-order valence-corrected chi connectivity index (χ0v) is 22.5. The predicted molar refractivity (Wildman–Crippen MR) is 151 cm³/mol. The van der Waals surface area contributed by atoms with Crippen LogP contribution in [0.4, 0.5) is 0 Å². The van der Waals surface area contributed by atoms with E-state index in [1.807, 2.05) is 48.7 Å². The Bertz CT molecular complexity index is 1570. The third kappa shape index (κ3) is 4.88. The largest absolute Gasteiger partial charge is 0.507 e. The summed E-state index contributed by atoms with van der Waals surface area (Å²) in [6.07, 6.45) is 2.43. The molecule has 1 aliphatic heterocycles. The molecule has 0 spiro atoms. The molecule has 0 saturated carbocycles. The Labute approximate surface area is 227 Å². The number of fused-ring (bicyclic) bond motifs is 1. The van der Waals surface area contributed by atoms with Crippen molar-refractivity contribution in [2.75, 3.05) is 20.8 Å². The molecule has 0 radical (unpaired) electrons. The Balaban J connectivity index is 1.56. The molecule has 1 atom stereocenters. The van der Waals surface area contributed by atoms with E-state index in [-0.39, 0.29) is 11.3 Å². The molecule has 5 rings (SSSR count). The fraction of sp³-hybridized carbons (Fsp3) is 0.250. The highest BCUT2D eigenvalue weighted by Crippen LogP contribution is 2.40. The van der Waals surface area contributed by atoms with Crippen molar-refractivity contribution in [3.63, 3.8) is 0 Å². The number of nitrogens with zero attached hydrogens (tertiary/aromatic N) is 1. The van der Waals surface area contributed by atoms with Crippen molar-refractivity contribution in [2.45, 2.75) is 32.2 Å². The minimum atomic E-state index is -0.725. The monoisotopic (exact) mass is 524 g/mol. The first kappa shape index (κ1) is 26.1. The normalized spacial score (nSPS) is 16.8. The molecule has 2 N–H and O–H groups in total. The van der Waals surface area contributed by atoms with Crippen LogP contribution in [0.15, 0.2) is 78.5 Å². The lowest BCUT2D eigenvalue weighted by Crippen LogP contribution is -2.31. The van der Waals surface area contributed by atoms with Crippen LogP contribution in [-0.2, 0) is 16.0 Å². The Hall–Kier alpha value is -4.52. The smallest absolute Gasteiger partial charge is 0.295 e. The molecular weight excluding hydrogens is 492 g/mol. The number of carbonyl (C=O) groups excluding carboxylic acids is 2. The molecule has 2 heterocycles. The number of benzene rings is 3. The van der Waals surface area contributed by atoms with Crippen molar-refractivity contribution < 1.29 is 24.2 Å². The van der Waals surface area contributed by atoms with E-state index < -0.39 is 17.7 Å². The molecule has 39 heavy (non-hydrogen) atoms. The van der Waals surface area contributed by atoms with E-state index in [1.165, 1.54) is 7.11 Å². The number of H-pyrrole nitrogens is 1. The maximum absolute atomic E-state index is 13.4. The Morgan fingerprint density at radius 3 is 2.38 bits per heavy atom. The number of ketones is 1. The second-order valence-electron chi connectivity index (χ2n) is 10.0. The quantitative estimate of drug-likeness (QED) is 0.168. The van der Waals surface area contributed by atoms with Crippen molar-refractivity contribution in [2.24, 2.45) is 0 Å². The standard InChI is InChI=1S/C32H32N2O5/c1-19(2)20-8-10-21(11-9-20)29-28(30(35)22-6-5-7-24(16-22)38-3)31(36)32(37)34(29)15-14-23-18-33-27-13-12-25(39-4)17-26(23)27/h5-13,16-19,29,33,35H,14-15H2,1-4H3/t29-/m1/s1. The number of likely N-dealkylation sites (tertiary alicyclic amines) is 1. The van der Waals surface area contributed by atoms with E-state index in [9.17, 15) is 14.7 Å². The second kappa shape index (κ2) is 10.7. The summed E-state index contributed by atoms with van der Waals surface area (Å²) in [5, 5.41) is 12.4. The summed E-state index contributed by atoms with van der Waals surface area (Å²) in [6.45, 7) is 4.51. The highest BCUT2D eigenvalue weighted by Gasteiger charge is 2.46. The summed E-state index contributed by atoms with van der Waals surface area (Å²) >= 11 is 0. The van der Waals surface area contributed by atoms with E-state index in [2.05, 4.69) is 18.8 Å². The number of nitrogens with one attached hydrogen (secondary N) is 1. The number of aromatic nitrogens is 1. The first-order valence-corrected chi connectivity index (χ1v) is 13.0. The number of hydrogen-bond acceptors (Lipinski definition) is 5. The fourth-order valence-corrected chi connectivity index (χ4v) is 5.18. The van der Waals surface area contributed by atoms with Crippen LogP contribution in [0.25, 0.3) is 16.7 Å². The zero-order chi connectivity index (χ0) is 27.7. The number of methoxy groups -OCH3 is 2. The number of carbonyl (C=O) groups is 2. The summed E-state index contributed by atoms with van der Waals surface area (Å²) < 4.78 is 10.7. The van der Waals surface area contributed by atoms with Crippen LogP contribution in [0.1, 0.15) is 48.1 Å². The lowest BCUT2D eigenvalue weighted by Gasteiger charge is -2.25. The van der Waals surface area contributed by atoms with Crippen LogP contribution in [0.2, 0.25) is 0 Å². The van der Waals surface area contributed by atoms with Gasteiger partial charge in [-0.2, -0.15) is 0 Å². The highest BCUT2D eigenvalue weighted by molar-refractivity contribution is 6.46. The van der Waals surface area contributed by atoms with Gasteiger partial charge in [-0.25, -0.2) is 0 Å². The summed E-state index contributed by atoms with van der Waals surface area (Å²) in [4.78, 5) is 31.7. The summed E-state index contributed by atoms with van der Waals surface area (Å²) in [7, 11) is 3.16. The van der Waals surface area contributed by atoms with Crippen molar-refractivity contribution >= 4 is 28.4 Å². The first-order chi connectivity index (χ1) is 18.8. The van der Waals surface area contributed by atoms with E-state index >= 15 is 0 Å². The van der Waals surface area contributed by atoms with E-state index in [4.69, 9.17) is 9.47 Å². The van der Waals surface area contributed by atoms with E-state index in [1.54, 1.807) is 36.3 Å². The number of amides is 1. The molecule has 0 bridgehead atoms. The zero-order valence-electron chi connectivity index (χ0n) is 22.5. The molecule has 1 saturated heterocycles. The third-order valence-corrected chi connectivity index (χ3v) is 7.40. The molecule has 1 amide bonds. The van der Waals surface area contributed by atoms with Gasteiger partial charge in [0.15, 0.2) is 0 Å². The fourth-order valence-electron chi connectivity index (χ4n) is 5.18.